The van der Waals surface area contributed by atoms with E-state index in [4.69, 9.17) is 9.47 Å². The Balaban J connectivity index is 1.17. The summed E-state index contributed by atoms with van der Waals surface area (Å²) in [6.45, 7) is 0.951. The minimum Gasteiger partial charge on any atom is -0.479 e. The standard InChI is InChI=1S/C26H28N4O7/c1-35-24(32)12-27-22(31)14-29-13-17-4-5-18(10-20(17)25(29)33)30-9-8-21(26(30)34)37-19-6-7-23(28-11-19)36-15-16-2-3-16/h4-7,10-11,16,21H,2-3,8-9,12-15H2,1H3,(H,27,31)/t21-/m1/s1. The Morgan fingerprint density at radius 2 is 1.97 bits per heavy atom. The van der Waals surface area contributed by atoms with Crippen LogP contribution in [0.25, 0.3) is 0 Å². The first-order chi connectivity index (χ1) is 17.9. The van der Waals surface area contributed by atoms with Crippen LogP contribution in [0.1, 0.15) is 35.2 Å². The molecule has 11 nitrogen and oxygen atoms in total. The molecule has 37 heavy (non-hydrogen) atoms. The van der Waals surface area contributed by atoms with Gasteiger partial charge in [0.2, 0.25) is 11.8 Å². The number of hydrogen-bond donors (Lipinski definition) is 1. The molecule has 5 rings (SSSR count). The monoisotopic (exact) mass is 508 g/mol. The molecule has 1 aliphatic carbocycles. The number of carbonyl (C=O) groups is 4. The van der Waals surface area contributed by atoms with E-state index in [1.54, 1.807) is 41.4 Å². The number of hydrogen-bond acceptors (Lipinski definition) is 8. The molecule has 1 atom stereocenters. The van der Waals surface area contributed by atoms with Crippen molar-refractivity contribution in [2.45, 2.75) is 31.9 Å². The van der Waals surface area contributed by atoms with Gasteiger partial charge in [-0.15, -0.1) is 0 Å². The zero-order valence-electron chi connectivity index (χ0n) is 20.5. The third-order valence-electron chi connectivity index (χ3n) is 6.58. The van der Waals surface area contributed by atoms with Crippen molar-refractivity contribution in [3.63, 3.8) is 0 Å². The van der Waals surface area contributed by atoms with E-state index < -0.39 is 18.0 Å². The number of anilines is 1. The molecule has 0 spiro atoms. The quantitative estimate of drug-likeness (QED) is 0.476. The van der Waals surface area contributed by atoms with E-state index in [0.717, 1.165) is 5.56 Å². The van der Waals surface area contributed by atoms with Gasteiger partial charge >= 0.3 is 5.97 Å². The van der Waals surface area contributed by atoms with Gasteiger partial charge in [0.05, 0.1) is 19.9 Å². The average Bonchev–Trinajstić information content (AvgIpc) is 3.61. The summed E-state index contributed by atoms with van der Waals surface area (Å²) in [4.78, 5) is 56.5. The third kappa shape index (κ3) is 5.65. The molecule has 1 saturated heterocycles. The van der Waals surface area contributed by atoms with Gasteiger partial charge in [0, 0.05) is 36.8 Å². The van der Waals surface area contributed by atoms with Gasteiger partial charge in [0.25, 0.3) is 11.8 Å². The number of esters is 1. The predicted molar refractivity (Wildman–Crippen MR) is 130 cm³/mol. The topological polar surface area (TPSA) is 127 Å². The molecule has 11 heteroatoms. The van der Waals surface area contributed by atoms with Crippen LogP contribution in [-0.2, 0) is 25.7 Å². The van der Waals surface area contributed by atoms with Crippen molar-refractivity contribution in [1.82, 2.24) is 15.2 Å². The SMILES string of the molecule is COC(=O)CNC(=O)CN1Cc2ccc(N3CC[C@@H](Oc4ccc(OCC5CC5)nc4)C3=O)cc2C1=O. The Hall–Kier alpha value is -4.15. The fourth-order valence-electron chi connectivity index (χ4n) is 4.31. The van der Waals surface area contributed by atoms with Crippen molar-refractivity contribution >= 4 is 29.4 Å². The zero-order chi connectivity index (χ0) is 25.9. The fourth-order valence-corrected chi connectivity index (χ4v) is 4.31. The normalized spacial score (nSPS) is 18.6. The molecular weight excluding hydrogens is 480 g/mol. The molecule has 3 heterocycles. The van der Waals surface area contributed by atoms with E-state index in [1.807, 2.05) is 0 Å². The highest BCUT2D eigenvalue weighted by Crippen LogP contribution is 2.31. The largest absolute Gasteiger partial charge is 0.479 e. The molecule has 2 aromatic rings. The summed E-state index contributed by atoms with van der Waals surface area (Å²) >= 11 is 0. The molecule has 1 aromatic heterocycles. The average molecular weight is 509 g/mol. The number of methoxy groups -OCH3 is 1. The summed E-state index contributed by atoms with van der Waals surface area (Å²) in [7, 11) is 1.23. The number of carbonyl (C=O) groups excluding carboxylic acids is 4. The minimum absolute atomic E-state index is 0.184. The number of nitrogens with zero attached hydrogens (tertiary/aromatic N) is 3. The van der Waals surface area contributed by atoms with Crippen molar-refractivity contribution in [2.75, 3.05) is 38.3 Å². The Bertz CT molecular complexity index is 1210. The molecule has 0 unspecified atom stereocenters. The van der Waals surface area contributed by atoms with Gasteiger partial charge in [0.15, 0.2) is 6.10 Å². The molecule has 1 saturated carbocycles. The van der Waals surface area contributed by atoms with Crippen LogP contribution < -0.4 is 19.7 Å². The van der Waals surface area contributed by atoms with Crippen molar-refractivity contribution in [2.24, 2.45) is 5.92 Å². The highest BCUT2D eigenvalue weighted by atomic mass is 16.5. The van der Waals surface area contributed by atoms with Crippen molar-refractivity contribution in [1.29, 1.82) is 0 Å². The summed E-state index contributed by atoms with van der Waals surface area (Å²) in [5.74, 6) is 0.130. The van der Waals surface area contributed by atoms with Crippen LogP contribution in [0.4, 0.5) is 5.69 Å². The predicted octanol–water partition coefficient (Wildman–Crippen LogP) is 1.30. The lowest BCUT2D eigenvalue weighted by molar-refractivity contribution is -0.141. The number of fused-ring (bicyclic) bond motifs is 1. The van der Waals surface area contributed by atoms with Gasteiger partial charge in [-0.1, -0.05) is 6.07 Å². The van der Waals surface area contributed by atoms with Crippen molar-refractivity contribution < 1.29 is 33.4 Å². The van der Waals surface area contributed by atoms with E-state index in [0.29, 0.717) is 48.4 Å². The summed E-state index contributed by atoms with van der Waals surface area (Å²) in [6, 6.07) is 8.75. The highest BCUT2D eigenvalue weighted by molar-refractivity contribution is 6.04. The van der Waals surface area contributed by atoms with Crippen LogP contribution in [0, 0.1) is 5.92 Å². The van der Waals surface area contributed by atoms with Gasteiger partial charge in [0.1, 0.15) is 18.8 Å². The summed E-state index contributed by atoms with van der Waals surface area (Å²) in [6.07, 6.45) is 3.80. The second-order valence-electron chi connectivity index (χ2n) is 9.33. The van der Waals surface area contributed by atoms with Crippen molar-refractivity contribution in [3.8, 4) is 11.6 Å². The van der Waals surface area contributed by atoms with Crippen LogP contribution in [0.5, 0.6) is 11.6 Å². The number of rotatable bonds is 10. The molecule has 3 aliphatic rings. The van der Waals surface area contributed by atoms with E-state index in [1.165, 1.54) is 24.9 Å². The molecule has 2 fully saturated rings. The maximum atomic E-state index is 13.1. The van der Waals surface area contributed by atoms with E-state index in [2.05, 4.69) is 15.0 Å². The molecule has 3 amide bonds. The lowest BCUT2D eigenvalue weighted by atomic mass is 10.1. The van der Waals surface area contributed by atoms with Gasteiger partial charge in [-0.05, 0) is 42.5 Å². The maximum Gasteiger partial charge on any atom is 0.325 e. The van der Waals surface area contributed by atoms with Crippen LogP contribution in [0.15, 0.2) is 36.5 Å². The van der Waals surface area contributed by atoms with Gasteiger partial charge in [-0.25, -0.2) is 4.98 Å². The summed E-state index contributed by atoms with van der Waals surface area (Å²) in [5, 5.41) is 2.42. The Labute approximate surface area is 213 Å². The van der Waals surface area contributed by atoms with E-state index in [9.17, 15) is 19.2 Å². The van der Waals surface area contributed by atoms with Crippen LogP contribution in [-0.4, -0.2) is 73.0 Å². The Morgan fingerprint density at radius 3 is 2.70 bits per heavy atom. The molecule has 1 aromatic carbocycles. The highest BCUT2D eigenvalue weighted by Gasteiger charge is 2.36. The lowest BCUT2D eigenvalue weighted by Crippen LogP contribution is -2.39. The van der Waals surface area contributed by atoms with Crippen LogP contribution >= 0.6 is 0 Å². The minimum atomic E-state index is -0.654. The van der Waals surface area contributed by atoms with E-state index in [-0.39, 0.29) is 31.4 Å². The maximum absolute atomic E-state index is 13.1. The molecule has 0 radical (unpaired) electrons. The van der Waals surface area contributed by atoms with Gasteiger partial charge < -0.3 is 29.3 Å². The first-order valence-electron chi connectivity index (χ1n) is 12.2. The Morgan fingerprint density at radius 1 is 1.14 bits per heavy atom. The van der Waals surface area contributed by atoms with E-state index >= 15 is 0 Å². The summed E-state index contributed by atoms with van der Waals surface area (Å²) < 4.78 is 16.0. The lowest BCUT2D eigenvalue weighted by Gasteiger charge is -2.18. The van der Waals surface area contributed by atoms with Gasteiger partial charge in [-0.3, -0.25) is 19.2 Å². The Kier molecular flexibility index (Phi) is 6.93. The molecule has 0 bridgehead atoms. The zero-order valence-corrected chi connectivity index (χ0v) is 20.5. The first-order valence-corrected chi connectivity index (χ1v) is 12.2. The van der Waals surface area contributed by atoms with Crippen LogP contribution in [0.2, 0.25) is 0 Å². The number of ether oxygens (including phenoxy) is 3. The smallest absolute Gasteiger partial charge is 0.325 e. The van der Waals surface area contributed by atoms with Gasteiger partial charge in [-0.2, -0.15) is 0 Å². The summed E-state index contributed by atoms with van der Waals surface area (Å²) in [5.41, 5.74) is 1.81. The second-order valence-corrected chi connectivity index (χ2v) is 9.33. The van der Waals surface area contributed by atoms with Crippen LogP contribution in [0.3, 0.4) is 0 Å². The molecular formula is C26H28N4O7. The number of aromatic nitrogens is 1. The number of nitrogens with one attached hydrogen (secondary N) is 1. The first kappa shape index (κ1) is 24.5. The fraction of sp³-hybridized carbons (Fsp3) is 0.423. The molecule has 2 aliphatic heterocycles. The molecule has 1 N–H and O–H groups in total. The number of pyridine rings is 1. The molecule has 194 valence electrons. The van der Waals surface area contributed by atoms with Crippen molar-refractivity contribution in [3.05, 3.63) is 47.7 Å². The number of benzene rings is 1. The third-order valence-corrected chi connectivity index (χ3v) is 6.58. The second kappa shape index (κ2) is 10.5. The number of amides is 3.